The summed E-state index contributed by atoms with van der Waals surface area (Å²) in [4.78, 5) is 40.7. The zero-order valence-corrected chi connectivity index (χ0v) is 18.8. The van der Waals surface area contributed by atoms with E-state index in [2.05, 4.69) is 15.6 Å². The molecule has 2 amide bonds. The number of anilines is 1. The minimum absolute atomic E-state index is 0.0376. The summed E-state index contributed by atoms with van der Waals surface area (Å²) in [6, 6.07) is 12.6. The molecule has 0 fully saturated rings. The van der Waals surface area contributed by atoms with Gasteiger partial charge in [0.2, 0.25) is 5.91 Å². The molecule has 0 radical (unpaired) electrons. The molecule has 0 saturated carbocycles. The van der Waals surface area contributed by atoms with Crippen molar-refractivity contribution in [2.24, 2.45) is 0 Å². The largest absolute Gasteiger partial charge is 0.487 e. The summed E-state index contributed by atoms with van der Waals surface area (Å²) in [5, 5.41) is 7.89. The minimum Gasteiger partial charge on any atom is -0.487 e. The molecule has 2 heterocycles. The Morgan fingerprint density at radius 3 is 2.62 bits per heavy atom. The Kier molecular flexibility index (Phi) is 5.80. The fraction of sp³-hybridized carbons (Fsp3) is 0.250. The molecule has 3 aromatic rings. The van der Waals surface area contributed by atoms with Gasteiger partial charge in [-0.05, 0) is 37.6 Å². The van der Waals surface area contributed by atoms with Crippen LogP contribution in [0.4, 0.5) is 5.13 Å². The van der Waals surface area contributed by atoms with Crippen LogP contribution < -0.4 is 15.4 Å². The van der Waals surface area contributed by atoms with Crippen LogP contribution >= 0.6 is 11.3 Å². The highest BCUT2D eigenvalue weighted by Crippen LogP contribution is 2.34. The third-order valence-corrected chi connectivity index (χ3v) is 5.79. The summed E-state index contributed by atoms with van der Waals surface area (Å²) in [6.45, 7) is 5.69. The number of nitrogens with one attached hydrogen (secondary N) is 2. The predicted molar refractivity (Wildman–Crippen MR) is 123 cm³/mol. The number of thiazole rings is 1. The Morgan fingerprint density at radius 2 is 1.91 bits per heavy atom. The number of ketones is 1. The van der Waals surface area contributed by atoms with Gasteiger partial charge in [0.05, 0.1) is 17.7 Å². The Morgan fingerprint density at radius 1 is 1.16 bits per heavy atom. The van der Waals surface area contributed by atoms with E-state index in [0.29, 0.717) is 28.6 Å². The number of fused-ring (bicyclic) bond motifs is 1. The van der Waals surface area contributed by atoms with E-state index in [-0.39, 0.29) is 24.0 Å². The lowest BCUT2D eigenvalue weighted by molar-refractivity contribution is -0.119. The molecule has 0 saturated heterocycles. The van der Waals surface area contributed by atoms with Gasteiger partial charge in [0, 0.05) is 30.0 Å². The number of hydrogen-bond acceptors (Lipinski definition) is 6. The third kappa shape index (κ3) is 4.86. The van der Waals surface area contributed by atoms with E-state index in [1.807, 2.05) is 43.5 Å². The van der Waals surface area contributed by atoms with Crippen molar-refractivity contribution in [3.63, 3.8) is 0 Å². The first-order chi connectivity index (χ1) is 15.2. The molecule has 2 N–H and O–H groups in total. The summed E-state index contributed by atoms with van der Waals surface area (Å²) in [7, 11) is 0. The normalized spacial score (nSPS) is 14.3. The van der Waals surface area contributed by atoms with Crippen LogP contribution in [0.1, 0.15) is 53.5 Å². The van der Waals surface area contributed by atoms with Gasteiger partial charge in [-0.1, -0.05) is 24.3 Å². The van der Waals surface area contributed by atoms with Crippen molar-refractivity contribution in [2.75, 3.05) is 5.32 Å². The average Bonchev–Trinajstić information content (AvgIpc) is 3.20. The van der Waals surface area contributed by atoms with Crippen LogP contribution in [0.15, 0.2) is 47.8 Å². The number of aromatic nitrogens is 1. The van der Waals surface area contributed by atoms with E-state index in [0.717, 1.165) is 16.8 Å². The second-order valence-electron chi connectivity index (χ2n) is 8.27. The van der Waals surface area contributed by atoms with Gasteiger partial charge in [-0.15, -0.1) is 11.3 Å². The molecule has 0 unspecified atom stereocenters. The molecule has 0 aliphatic carbocycles. The molecular weight excluding hydrogens is 426 g/mol. The molecule has 1 aliphatic heterocycles. The number of amides is 2. The molecule has 7 nitrogen and oxygen atoms in total. The highest BCUT2D eigenvalue weighted by atomic mass is 32.1. The van der Waals surface area contributed by atoms with Gasteiger partial charge in [0.25, 0.3) is 5.91 Å². The quantitative estimate of drug-likeness (QED) is 0.600. The molecular formula is C24H23N3O4S. The summed E-state index contributed by atoms with van der Waals surface area (Å²) in [5.74, 6) is 0.0521. The monoisotopic (exact) mass is 449 g/mol. The predicted octanol–water partition coefficient (Wildman–Crippen LogP) is 4.44. The van der Waals surface area contributed by atoms with Gasteiger partial charge < -0.3 is 10.1 Å². The first-order valence-corrected chi connectivity index (χ1v) is 11.0. The van der Waals surface area contributed by atoms with Crippen molar-refractivity contribution < 1.29 is 19.1 Å². The zero-order valence-electron chi connectivity index (χ0n) is 18.0. The van der Waals surface area contributed by atoms with Crippen LogP contribution in [-0.2, 0) is 11.3 Å². The van der Waals surface area contributed by atoms with Crippen LogP contribution in [0.25, 0.3) is 11.3 Å². The number of benzene rings is 2. The number of ether oxygens (including phenoxy) is 1. The Bertz CT molecular complexity index is 1200. The van der Waals surface area contributed by atoms with Crippen molar-refractivity contribution in [3.8, 4) is 17.0 Å². The molecule has 8 heteroatoms. The van der Waals surface area contributed by atoms with Crippen molar-refractivity contribution in [3.05, 3.63) is 64.5 Å². The maximum atomic E-state index is 12.7. The van der Waals surface area contributed by atoms with Gasteiger partial charge >= 0.3 is 0 Å². The summed E-state index contributed by atoms with van der Waals surface area (Å²) < 4.78 is 5.85. The van der Waals surface area contributed by atoms with Crippen molar-refractivity contribution in [2.45, 2.75) is 39.3 Å². The number of hydrogen-bond donors (Lipinski definition) is 2. The van der Waals surface area contributed by atoms with Crippen molar-refractivity contribution in [1.29, 1.82) is 0 Å². The smallest absolute Gasteiger partial charge is 0.257 e. The first kappa shape index (κ1) is 21.7. The number of rotatable bonds is 5. The molecule has 0 atom stereocenters. The maximum absolute atomic E-state index is 12.7. The van der Waals surface area contributed by atoms with E-state index < -0.39 is 5.60 Å². The second-order valence-corrected chi connectivity index (χ2v) is 9.13. The molecule has 2 aromatic carbocycles. The molecule has 1 aliphatic rings. The molecule has 0 bridgehead atoms. The number of Topliss-reactive ketones (excluding diaryl/α,β-unsaturated/α-hetero) is 1. The van der Waals surface area contributed by atoms with Gasteiger partial charge in [0.15, 0.2) is 10.9 Å². The molecule has 32 heavy (non-hydrogen) atoms. The fourth-order valence-electron chi connectivity index (χ4n) is 3.45. The standard InChI is InChI=1S/C24H23N3O4S/c1-14(28)25-12-15-4-6-16(7-5-15)19-13-32-23(26-19)27-22(30)17-8-9-21-18(10-17)20(29)11-24(2,3)31-21/h4-10,13H,11-12H2,1-3H3,(H,25,28)(H,26,27,30). The van der Waals surface area contributed by atoms with Crippen molar-refractivity contribution in [1.82, 2.24) is 10.3 Å². The fourth-order valence-corrected chi connectivity index (χ4v) is 4.16. The topological polar surface area (TPSA) is 97.4 Å². The van der Waals surface area contributed by atoms with Crippen LogP contribution in [-0.4, -0.2) is 28.2 Å². The third-order valence-electron chi connectivity index (χ3n) is 5.03. The molecule has 1 aromatic heterocycles. The minimum atomic E-state index is -0.548. The lowest BCUT2D eigenvalue weighted by Gasteiger charge is -2.31. The van der Waals surface area contributed by atoms with Gasteiger partial charge in [-0.25, -0.2) is 4.98 Å². The Hall–Kier alpha value is -3.52. The van der Waals surface area contributed by atoms with Gasteiger partial charge in [-0.3, -0.25) is 19.7 Å². The number of nitrogens with zero attached hydrogens (tertiary/aromatic N) is 1. The average molecular weight is 450 g/mol. The number of carbonyl (C=O) groups is 3. The van der Waals surface area contributed by atoms with E-state index in [1.165, 1.54) is 18.3 Å². The maximum Gasteiger partial charge on any atom is 0.257 e. The van der Waals surface area contributed by atoms with Gasteiger partial charge in [-0.2, -0.15) is 0 Å². The first-order valence-electron chi connectivity index (χ1n) is 10.2. The molecule has 4 rings (SSSR count). The Balaban J connectivity index is 1.45. The number of carbonyl (C=O) groups excluding carboxylic acids is 3. The van der Waals surface area contributed by atoms with E-state index in [1.54, 1.807) is 18.2 Å². The molecule has 164 valence electrons. The summed E-state index contributed by atoms with van der Waals surface area (Å²) >= 11 is 1.32. The van der Waals surface area contributed by atoms with Crippen LogP contribution in [0.5, 0.6) is 5.75 Å². The van der Waals surface area contributed by atoms with E-state index in [4.69, 9.17) is 4.74 Å². The van der Waals surface area contributed by atoms with Crippen LogP contribution in [0.3, 0.4) is 0 Å². The summed E-state index contributed by atoms with van der Waals surface area (Å²) in [5.41, 5.74) is 2.89. The summed E-state index contributed by atoms with van der Waals surface area (Å²) in [6.07, 6.45) is 0.268. The van der Waals surface area contributed by atoms with E-state index >= 15 is 0 Å². The van der Waals surface area contributed by atoms with E-state index in [9.17, 15) is 14.4 Å². The Labute approximate surface area is 189 Å². The highest BCUT2D eigenvalue weighted by molar-refractivity contribution is 7.14. The zero-order chi connectivity index (χ0) is 22.9. The van der Waals surface area contributed by atoms with Crippen LogP contribution in [0, 0.1) is 0 Å². The van der Waals surface area contributed by atoms with Crippen molar-refractivity contribution >= 4 is 34.1 Å². The lowest BCUT2D eigenvalue weighted by Crippen LogP contribution is -2.36. The molecule has 0 spiro atoms. The van der Waals surface area contributed by atoms with Crippen LogP contribution in [0.2, 0.25) is 0 Å². The second kappa shape index (κ2) is 8.55. The SMILES string of the molecule is CC(=O)NCc1ccc(-c2csc(NC(=O)c3ccc4c(c3)C(=O)CC(C)(C)O4)n2)cc1. The van der Waals surface area contributed by atoms with Gasteiger partial charge in [0.1, 0.15) is 11.4 Å². The highest BCUT2D eigenvalue weighted by Gasteiger charge is 2.32. The lowest BCUT2D eigenvalue weighted by atomic mass is 9.92.